The zero-order valence-electron chi connectivity index (χ0n) is 21.2. The first-order chi connectivity index (χ1) is 16.6. The maximum Gasteiger partial charge on any atom is 0.0554 e. The van der Waals surface area contributed by atoms with Crippen LogP contribution < -0.4 is 15.1 Å². The zero-order valence-corrected chi connectivity index (χ0v) is 21.2. The molecule has 0 radical (unpaired) electrons. The van der Waals surface area contributed by atoms with Gasteiger partial charge in [0.05, 0.1) is 6.04 Å². The molecule has 3 nitrogen and oxygen atoms in total. The molecule has 0 aliphatic carbocycles. The van der Waals surface area contributed by atoms with Gasteiger partial charge in [-0.1, -0.05) is 61.5 Å². The van der Waals surface area contributed by atoms with Crippen molar-refractivity contribution in [2.75, 3.05) is 34.8 Å². The van der Waals surface area contributed by atoms with Gasteiger partial charge >= 0.3 is 0 Å². The highest BCUT2D eigenvalue weighted by Crippen LogP contribution is 2.44. The van der Waals surface area contributed by atoms with Crippen LogP contribution in [-0.2, 0) is 0 Å². The summed E-state index contributed by atoms with van der Waals surface area (Å²) in [6.45, 7) is 14.5. The van der Waals surface area contributed by atoms with Gasteiger partial charge < -0.3 is 15.1 Å². The van der Waals surface area contributed by atoms with E-state index in [4.69, 9.17) is 0 Å². The number of hydrogen-bond donors (Lipinski definition) is 1. The third-order valence-corrected chi connectivity index (χ3v) is 7.81. The normalized spacial score (nSPS) is 18.3. The van der Waals surface area contributed by atoms with Gasteiger partial charge in [0.15, 0.2) is 0 Å². The van der Waals surface area contributed by atoms with Gasteiger partial charge in [0.2, 0.25) is 0 Å². The fourth-order valence-corrected chi connectivity index (χ4v) is 6.27. The Kier molecular flexibility index (Phi) is 6.12. The molecule has 0 aromatic heterocycles. The molecule has 34 heavy (non-hydrogen) atoms. The molecule has 5 rings (SSSR count). The second kappa shape index (κ2) is 9.21. The van der Waals surface area contributed by atoms with E-state index in [1.807, 2.05) is 0 Å². The van der Waals surface area contributed by atoms with Gasteiger partial charge in [0.25, 0.3) is 0 Å². The molecule has 1 heterocycles. The van der Waals surface area contributed by atoms with Crippen LogP contribution in [0.15, 0.2) is 72.8 Å². The van der Waals surface area contributed by atoms with Crippen molar-refractivity contribution in [3.05, 3.63) is 78.4 Å². The Labute approximate surface area is 204 Å². The predicted molar refractivity (Wildman–Crippen MR) is 150 cm³/mol. The molecule has 0 saturated carbocycles. The van der Waals surface area contributed by atoms with Crippen molar-refractivity contribution in [3.8, 4) is 0 Å². The van der Waals surface area contributed by atoms with Gasteiger partial charge in [-0.25, -0.2) is 0 Å². The summed E-state index contributed by atoms with van der Waals surface area (Å²) in [7, 11) is 0. The first kappa shape index (κ1) is 22.6. The largest absolute Gasteiger partial charge is 0.380 e. The molecule has 176 valence electrons. The minimum Gasteiger partial charge on any atom is -0.380 e. The van der Waals surface area contributed by atoms with E-state index in [0.717, 1.165) is 19.6 Å². The first-order valence-electron chi connectivity index (χ1n) is 12.9. The Hall–Kier alpha value is -3.20. The van der Waals surface area contributed by atoms with E-state index in [1.54, 1.807) is 0 Å². The highest BCUT2D eigenvalue weighted by molar-refractivity contribution is 6.04. The molecule has 3 unspecified atom stereocenters. The van der Waals surface area contributed by atoms with Crippen LogP contribution in [0.4, 0.5) is 17.1 Å². The van der Waals surface area contributed by atoms with Crippen molar-refractivity contribution in [1.82, 2.24) is 0 Å². The average Bonchev–Trinajstić information content (AvgIpc) is 2.86. The summed E-state index contributed by atoms with van der Waals surface area (Å²) >= 11 is 0. The van der Waals surface area contributed by atoms with Crippen LogP contribution in [0.3, 0.4) is 0 Å². The maximum absolute atomic E-state index is 3.99. The van der Waals surface area contributed by atoms with E-state index in [2.05, 4.69) is 123 Å². The monoisotopic (exact) mass is 451 g/mol. The summed E-state index contributed by atoms with van der Waals surface area (Å²) in [4.78, 5) is 5.07. The molecule has 0 bridgehead atoms. The van der Waals surface area contributed by atoms with Gasteiger partial charge in [0, 0.05) is 59.4 Å². The summed E-state index contributed by atoms with van der Waals surface area (Å²) in [5.74, 6) is 0.429. The number of nitrogens with one attached hydrogen (secondary N) is 1. The molecule has 4 aromatic carbocycles. The lowest BCUT2D eigenvalue weighted by Crippen LogP contribution is -2.50. The van der Waals surface area contributed by atoms with Crippen molar-refractivity contribution in [2.24, 2.45) is 0 Å². The van der Waals surface area contributed by atoms with Crippen LogP contribution in [0.25, 0.3) is 21.5 Å². The number of likely N-dealkylation sites (N-methyl/N-ethyl adjacent to an activating group) is 1. The lowest BCUT2D eigenvalue weighted by Gasteiger charge is -2.45. The molecule has 0 spiro atoms. The first-order valence-corrected chi connectivity index (χ1v) is 12.9. The standard InChI is InChI=1S/C31H37N3/c1-6-33(7-2)27-19-11-16-24-14-10-18-26(30(24)27)32-22(5)31-21(4)25-17-9-13-23-15-12-20-28(29(23)25)34(31)8-3/h9-22,31-32H,6-8H2,1-5H3. The average molecular weight is 452 g/mol. The minimum atomic E-state index is 0.272. The van der Waals surface area contributed by atoms with E-state index in [1.165, 1.54) is 44.2 Å². The Balaban J connectivity index is 1.57. The van der Waals surface area contributed by atoms with Crippen molar-refractivity contribution >= 4 is 38.6 Å². The van der Waals surface area contributed by atoms with E-state index >= 15 is 0 Å². The number of nitrogens with zero attached hydrogens (tertiary/aromatic N) is 2. The molecule has 4 aromatic rings. The minimum absolute atomic E-state index is 0.272. The molecule has 0 saturated heterocycles. The van der Waals surface area contributed by atoms with E-state index in [-0.39, 0.29) is 6.04 Å². The highest BCUT2D eigenvalue weighted by atomic mass is 15.2. The van der Waals surface area contributed by atoms with E-state index in [0.29, 0.717) is 12.0 Å². The third-order valence-electron chi connectivity index (χ3n) is 7.81. The molecule has 1 N–H and O–H groups in total. The molecule has 0 amide bonds. The van der Waals surface area contributed by atoms with Gasteiger partial charge in [-0.15, -0.1) is 0 Å². The SMILES string of the molecule is CCN(CC)c1cccc2cccc(NC(C)C3C(C)c4cccc5cccc(c45)N3CC)c12. The number of rotatable bonds is 7. The molecule has 1 aliphatic rings. The van der Waals surface area contributed by atoms with Crippen LogP contribution in [0.2, 0.25) is 0 Å². The van der Waals surface area contributed by atoms with Crippen molar-refractivity contribution in [3.63, 3.8) is 0 Å². The summed E-state index contributed by atoms with van der Waals surface area (Å²) in [6.07, 6.45) is 0. The van der Waals surface area contributed by atoms with Crippen LogP contribution in [0, 0.1) is 0 Å². The smallest absolute Gasteiger partial charge is 0.0554 e. The van der Waals surface area contributed by atoms with E-state index < -0.39 is 0 Å². The van der Waals surface area contributed by atoms with Crippen LogP contribution in [-0.4, -0.2) is 31.7 Å². The Morgan fingerprint density at radius 3 is 2.12 bits per heavy atom. The molecular weight excluding hydrogens is 414 g/mol. The number of benzene rings is 4. The number of fused-ring (bicyclic) bond motifs is 1. The third kappa shape index (κ3) is 3.58. The molecule has 0 fully saturated rings. The van der Waals surface area contributed by atoms with Gasteiger partial charge in [-0.2, -0.15) is 0 Å². The van der Waals surface area contributed by atoms with Crippen molar-refractivity contribution in [2.45, 2.75) is 52.6 Å². The molecule has 3 atom stereocenters. The van der Waals surface area contributed by atoms with Gasteiger partial charge in [-0.3, -0.25) is 0 Å². The molecule has 1 aliphatic heterocycles. The Morgan fingerprint density at radius 1 is 0.824 bits per heavy atom. The van der Waals surface area contributed by atoms with Gasteiger partial charge in [-0.05, 0) is 62.2 Å². The Bertz CT molecular complexity index is 1300. The summed E-state index contributed by atoms with van der Waals surface area (Å²) in [5, 5.41) is 9.38. The van der Waals surface area contributed by atoms with Crippen molar-refractivity contribution in [1.29, 1.82) is 0 Å². The maximum atomic E-state index is 3.99. The van der Waals surface area contributed by atoms with Crippen LogP contribution in [0.1, 0.15) is 46.1 Å². The topological polar surface area (TPSA) is 18.5 Å². The van der Waals surface area contributed by atoms with Crippen molar-refractivity contribution < 1.29 is 0 Å². The summed E-state index contributed by atoms with van der Waals surface area (Å²) < 4.78 is 0. The molecule has 3 heteroatoms. The Morgan fingerprint density at radius 2 is 1.44 bits per heavy atom. The predicted octanol–water partition coefficient (Wildman–Crippen LogP) is 7.65. The lowest BCUT2D eigenvalue weighted by atomic mass is 9.80. The van der Waals surface area contributed by atoms with Gasteiger partial charge in [0.1, 0.15) is 0 Å². The zero-order chi connectivity index (χ0) is 23.8. The molecular formula is C31H37N3. The summed E-state index contributed by atoms with van der Waals surface area (Å²) in [6, 6.07) is 27.5. The van der Waals surface area contributed by atoms with E-state index in [9.17, 15) is 0 Å². The quantitative estimate of drug-likeness (QED) is 0.311. The number of anilines is 3. The fraction of sp³-hybridized carbons (Fsp3) is 0.355. The summed E-state index contributed by atoms with van der Waals surface area (Å²) in [5.41, 5.74) is 5.39. The van der Waals surface area contributed by atoms with Crippen LogP contribution >= 0.6 is 0 Å². The van der Waals surface area contributed by atoms with Crippen LogP contribution in [0.5, 0.6) is 0 Å². The highest BCUT2D eigenvalue weighted by Gasteiger charge is 2.36. The second-order valence-corrected chi connectivity index (χ2v) is 9.57. The number of hydrogen-bond acceptors (Lipinski definition) is 3. The fourth-order valence-electron chi connectivity index (χ4n) is 6.27. The second-order valence-electron chi connectivity index (χ2n) is 9.57. The lowest BCUT2D eigenvalue weighted by molar-refractivity contribution is 0.468.